The number of ketones is 2. The van der Waals surface area contributed by atoms with Gasteiger partial charge in [0, 0.05) is 20.6 Å². The second kappa shape index (κ2) is 11.2. The van der Waals surface area contributed by atoms with Crippen LogP contribution in [0.2, 0.25) is 0 Å². The van der Waals surface area contributed by atoms with Gasteiger partial charge in [0.15, 0.2) is 5.78 Å². The lowest BCUT2D eigenvalue weighted by atomic mass is 9.95. The molecule has 0 aliphatic rings. The van der Waals surface area contributed by atoms with E-state index in [2.05, 4.69) is 4.74 Å². The largest absolute Gasteiger partial charge is 0.469 e. The lowest BCUT2D eigenvalue weighted by Crippen LogP contribution is -2.34. The smallest absolute Gasteiger partial charge is 0.305 e. The van der Waals surface area contributed by atoms with E-state index in [-0.39, 0.29) is 17.5 Å². The molecule has 0 amide bonds. The summed E-state index contributed by atoms with van der Waals surface area (Å²) >= 11 is 0. The Labute approximate surface area is 125 Å². The van der Waals surface area contributed by atoms with Crippen LogP contribution < -0.4 is 0 Å². The zero-order valence-electron chi connectivity index (χ0n) is 13.1. The summed E-state index contributed by atoms with van der Waals surface area (Å²) in [6.07, 6.45) is 4.60. The summed E-state index contributed by atoms with van der Waals surface area (Å²) in [5.41, 5.74) is 0. The van der Waals surface area contributed by atoms with Crippen LogP contribution in [-0.4, -0.2) is 45.2 Å². The van der Waals surface area contributed by atoms with Gasteiger partial charge in [0.1, 0.15) is 5.78 Å². The Balaban J connectivity index is 4.30. The fourth-order valence-electron chi connectivity index (χ4n) is 1.79. The van der Waals surface area contributed by atoms with Crippen LogP contribution in [0.1, 0.15) is 32.6 Å². The molecule has 6 nitrogen and oxygen atoms in total. The van der Waals surface area contributed by atoms with Crippen LogP contribution in [0.5, 0.6) is 0 Å². The van der Waals surface area contributed by atoms with E-state index in [1.807, 2.05) is 6.08 Å². The number of rotatable bonds is 11. The van der Waals surface area contributed by atoms with Gasteiger partial charge in [-0.25, -0.2) is 0 Å². The van der Waals surface area contributed by atoms with E-state index in [9.17, 15) is 14.4 Å². The highest BCUT2D eigenvalue weighted by Gasteiger charge is 2.29. The zero-order chi connectivity index (χ0) is 16.3. The number of methoxy groups -OCH3 is 3. The molecule has 0 radical (unpaired) electrons. The van der Waals surface area contributed by atoms with Gasteiger partial charge in [-0.2, -0.15) is 0 Å². The zero-order valence-corrected chi connectivity index (χ0v) is 13.1. The molecule has 0 aliphatic heterocycles. The summed E-state index contributed by atoms with van der Waals surface area (Å²) in [6.45, 7) is 1.37. The molecule has 0 aromatic carbocycles. The summed E-state index contributed by atoms with van der Waals surface area (Å²) in [7, 11) is 4.06. The first-order valence-electron chi connectivity index (χ1n) is 6.79. The van der Waals surface area contributed by atoms with Gasteiger partial charge in [0.05, 0.1) is 13.0 Å². The lowest BCUT2D eigenvalue weighted by molar-refractivity contribution is -0.162. The fraction of sp³-hybridized carbons (Fsp3) is 0.667. The summed E-state index contributed by atoms with van der Waals surface area (Å²) in [5.74, 6) is -1.63. The molecular formula is C15H24O6. The van der Waals surface area contributed by atoms with Crippen molar-refractivity contribution in [2.45, 2.75) is 38.9 Å². The molecule has 0 saturated heterocycles. The number of unbranched alkanes of at least 4 members (excludes halogenated alkanes) is 1. The van der Waals surface area contributed by atoms with Crippen molar-refractivity contribution < 1.29 is 28.6 Å². The van der Waals surface area contributed by atoms with Crippen LogP contribution in [0.3, 0.4) is 0 Å². The first kappa shape index (κ1) is 19.5. The van der Waals surface area contributed by atoms with Crippen LogP contribution in [0, 0.1) is 5.92 Å². The normalized spacial score (nSPS) is 12.6. The Morgan fingerprint density at radius 3 is 2.14 bits per heavy atom. The Morgan fingerprint density at radius 1 is 1.05 bits per heavy atom. The van der Waals surface area contributed by atoms with Crippen LogP contribution in [-0.2, 0) is 28.6 Å². The third-order valence-corrected chi connectivity index (χ3v) is 3.01. The highest BCUT2D eigenvalue weighted by Crippen LogP contribution is 2.13. The van der Waals surface area contributed by atoms with Crippen molar-refractivity contribution in [3.8, 4) is 0 Å². The van der Waals surface area contributed by atoms with Gasteiger partial charge >= 0.3 is 5.97 Å². The van der Waals surface area contributed by atoms with Crippen LogP contribution in [0.25, 0.3) is 0 Å². The molecule has 1 atom stereocenters. The molecule has 0 bridgehead atoms. The fourth-order valence-corrected chi connectivity index (χ4v) is 1.79. The molecule has 6 heteroatoms. The predicted octanol–water partition coefficient (Wildman–Crippen LogP) is 1.67. The van der Waals surface area contributed by atoms with Gasteiger partial charge in [-0.15, -0.1) is 0 Å². The Hall–Kier alpha value is -1.53. The summed E-state index contributed by atoms with van der Waals surface area (Å²) in [5, 5.41) is 0. The Kier molecular flexibility index (Phi) is 10.4. The first-order chi connectivity index (χ1) is 9.97. The third kappa shape index (κ3) is 7.72. The number of esters is 1. The molecule has 1 unspecified atom stereocenters. The minimum atomic E-state index is -1.02. The predicted molar refractivity (Wildman–Crippen MR) is 76.6 cm³/mol. The lowest BCUT2D eigenvalue weighted by Gasteiger charge is -2.17. The van der Waals surface area contributed by atoms with E-state index >= 15 is 0 Å². The maximum Gasteiger partial charge on any atom is 0.305 e. The number of hydrogen-bond donors (Lipinski definition) is 0. The number of hydrogen-bond acceptors (Lipinski definition) is 6. The van der Waals surface area contributed by atoms with Crippen molar-refractivity contribution >= 4 is 17.5 Å². The Morgan fingerprint density at radius 2 is 1.67 bits per heavy atom. The molecule has 0 aliphatic carbocycles. The maximum atomic E-state index is 12.0. The first-order valence-corrected chi connectivity index (χ1v) is 6.79. The summed E-state index contributed by atoms with van der Waals surface area (Å²) < 4.78 is 14.3. The van der Waals surface area contributed by atoms with Crippen molar-refractivity contribution in [2.75, 3.05) is 21.3 Å². The highest BCUT2D eigenvalue weighted by atomic mass is 16.7. The monoisotopic (exact) mass is 300 g/mol. The van der Waals surface area contributed by atoms with Crippen molar-refractivity contribution in [3.63, 3.8) is 0 Å². The maximum absolute atomic E-state index is 12.0. The second-order valence-corrected chi connectivity index (χ2v) is 4.54. The molecule has 0 spiro atoms. The minimum absolute atomic E-state index is 0.224. The van der Waals surface area contributed by atoms with Crippen LogP contribution in [0.4, 0.5) is 0 Å². The van der Waals surface area contributed by atoms with Gasteiger partial charge in [-0.05, 0) is 26.2 Å². The van der Waals surface area contributed by atoms with E-state index in [0.717, 1.165) is 0 Å². The summed E-state index contributed by atoms with van der Waals surface area (Å²) in [4.78, 5) is 34.5. The van der Waals surface area contributed by atoms with Gasteiger partial charge in [-0.1, -0.05) is 12.2 Å². The molecule has 0 N–H and O–H groups in total. The highest BCUT2D eigenvalue weighted by molar-refractivity contribution is 6.02. The van der Waals surface area contributed by atoms with Crippen molar-refractivity contribution in [3.05, 3.63) is 12.2 Å². The molecule has 0 aromatic rings. The van der Waals surface area contributed by atoms with Crippen LogP contribution >= 0.6 is 0 Å². The van der Waals surface area contributed by atoms with E-state index < -0.39 is 12.2 Å². The molecule has 120 valence electrons. The number of Topliss-reactive ketones (excluding diaryl/α,β-unsaturated/α-hetero) is 2. The van der Waals surface area contributed by atoms with Crippen LogP contribution in [0.15, 0.2) is 12.2 Å². The molecule has 21 heavy (non-hydrogen) atoms. The van der Waals surface area contributed by atoms with E-state index in [1.165, 1.54) is 28.3 Å². The quantitative estimate of drug-likeness (QED) is 0.190. The number of carbonyl (C=O) groups is 3. The molecule has 0 fully saturated rings. The average Bonchev–Trinajstić information content (AvgIpc) is 2.46. The molecule has 0 saturated carbocycles. The topological polar surface area (TPSA) is 78.9 Å². The summed E-state index contributed by atoms with van der Waals surface area (Å²) in [6, 6.07) is 0. The molecular weight excluding hydrogens is 276 g/mol. The number of allylic oxidation sites excluding steroid dienone is 2. The molecule has 0 rings (SSSR count). The average molecular weight is 300 g/mol. The van der Waals surface area contributed by atoms with Gasteiger partial charge < -0.3 is 14.2 Å². The molecule has 0 aromatic heterocycles. The van der Waals surface area contributed by atoms with Gasteiger partial charge in [0.25, 0.3) is 0 Å². The van der Waals surface area contributed by atoms with Crippen molar-refractivity contribution in [2.24, 2.45) is 5.92 Å². The SMILES string of the molecule is COC(=O)CCC/C=C\CC(C(C)=O)C(=O)C(OC)OC. The van der Waals surface area contributed by atoms with E-state index in [4.69, 9.17) is 9.47 Å². The van der Waals surface area contributed by atoms with Crippen molar-refractivity contribution in [1.29, 1.82) is 0 Å². The van der Waals surface area contributed by atoms with E-state index in [1.54, 1.807) is 6.08 Å². The van der Waals surface area contributed by atoms with E-state index in [0.29, 0.717) is 25.7 Å². The Bertz CT molecular complexity index is 370. The van der Waals surface area contributed by atoms with Gasteiger partial charge in [0.2, 0.25) is 6.29 Å². The molecule has 0 heterocycles. The third-order valence-electron chi connectivity index (χ3n) is 3.01. The number of ether oxygens (including phenoxy) is 3. The standard InChI is InChI=1S/C15H24O6/c1-11(16)12(14(18)15(20-3)21-4)9-7-5-6-8-10-13(17)19-2/h5,7,12,15H,6,8-10H2,1-4H3/b7-5-. The van der Waals surface area contributed by atoms with Gasteiger partial charge in [-0.3, -0.25) is 14.4 Å². The van der Waals surface area contributed by atoms with Crippen molar-refractivity contribution in [1.82, 2.24) is 0 Å². The number of carbonyl (C=O) groups excluding carboxylic acids is 3. The second-order valence-electron chi connectivity index (χ2n) is 4.54. The minimum Gasteiger partial charge on any atom is -0.469 e.